The number of alkyl carbamates (subject to hydrolysis) is 1. The highest BCUT2D eigenvalue weighted by Crippen LogP contribution is 2.36. The molecule has 4 nitrogen and oxygen atoms in total. The lowest BCUT2D eigenvalue weighted by Crippen LogP contribution is -2.35. The monoisotopic (exact) mass is 247 g/mol. The number of ether oxygens (including phenoxy) is 2. The Bertz CT molecular complexity index is 424. The van der Waals surface area contributed by atoms with E-state index in [0.29, 0.717) is 0 Å². The maximum atomic E-state index is 11.6. The minimum atomic E-state index is -0.392. The van der Waals surface area contributed by atoms with Crippen molar-refractivity contribution >= 4 is 6.09 Å². The predicted molar refractivity (Wildman–Crippen MR) is 67.9 cm³/mol. The van der Waals surface area contributed by atoms with Crippen molar-refractivity contribution in [2.24, 2.45) is 0 Å². The van der Waals surface area contributed by atoms with Crippen molar-refractivity contribution in [3.63, 3.8) is 0 Å². The Morgan fingerprint density at radius 1 is 1.39 bits per heavy atom. The molecule has 0 radical (unpaired) electrons. The number of nitrogens with one attached hydrogen (secondary N) is 1. The van der Waals surface area contributed by atoms with E-state index in [9.17, 15) is 4.79 Å². The molecule has 1 aromatic carbocycles. The molecule has 0 bridgehead atoms. The first-order valence-electron chi connectivity index (χ1n) is 5.93. The Hall–Kier alpha value is -1.97. The lowest BCUT2D eigenvalue weighted by atomic mass is 10.2. The van der Waals surface area contributed by atoms with Crippen LogP contribution in [0, 0.1) is 0 Å². The molecule has 2 rings (SSSR count). The second-order valence-corrected chi connectivity index (χ2v) is 4.38. The van der Waals surface area contributed by atoms with Gasteiger partial charge in [-0.15, -0.1) is 0 Å². The van der Waals surface area contributed by atoms with Crippen LogP contribution >= 0.6 is 0 Å². The van der Waals surface area contributed by atoms with Gasteiger partial charge in [-0.25, -0.2) is 4.79 Å². The first-order chi connectivity index (χ1) is 8.74. The third-order valence-corrected chi connectivity index (χ3v) is 2.88. The summed E-state index contributed by atoms with van der Waals surface area (Å²) in [5.41, 5.74) is 0.717. The fourth-order valence-electron chi connectivity index (χ4n) is 1.63. The molecule has 1 aliphatic rings. The first-order valence-corrected chi connectivity index (χ1v) is 5.93. The lowest BCUT2D eigenvalue weighted by molar-refractivity contribution is 0.136. The summed E-state index contributed by atoms with van der Waals surface area (Å²) in [5.74, 6) is 0. The van der Waals surface area contributed by atoms with Gasteiger partial charge in [-0.2, -0.15) is 0 Å². The predicted octanol–water partition coefficient (Wildman–Crippen LogP) is 2.61. The van der Waals surface area contributed by atoms with Crippen LogP contribution in [0.5, 0.6) is 0 Å². The van der Waals surface area contributed by atoms with Crippen molar-refractivity contribution in [3.8, 4) is 0 Å². The van der Waals surface area contributed by atoms with Gasteiger partial charge < -0.3 is 14.8 Å². The molecule has 0 aliphatic heterocycles. The molecule has 1 saturated carbocycles. The number of rotatable bonds is 5. The summed E-state index contributed by atoms with van der Waals surface area (Å²) in [4.78, 5) is 11.6. The normalized spacial score (nSPS) is 16.3. The number of carbonyl (C=O) groups is 1. The van der Waals surface area contributed by atoms with Crippen molar-refractivity contribution in [1.29, 1.82) is 0 Å². The van der Waals surface area contributed by atoms with Gasteiger partial charge in [0.05, 0.1) is 18.9 Å². The maximum Gasteiger partial charge on any atom is 0.408 e. The van der Waals surface area contributed by atoms with Crippen molar-refractivity contribution < 1.29 is 14.3 Å². The SMILES string of the molecule is CO/C=C/C1(NC(=O)OCc2ccccc2)CC1. The molecule has 0 saturated heterocycles. The summed E-state index contributed by atoms with van der Waals surface area (Å²) < 4.78 is 10.0. The van der Waals surface area contributed by atoms with Crippen LogP contribution in [0.4, 0.5) is 4.79 Å². The quantitative estimate of drug-likeness (QED) is 0.813. The van der Waals surface area contributed by atoms with Gasteiger partial charge in [-0.1, -0.05) is 30.3 Å². The van der Waals surface area contributed by atoms with Crippen LogP contribution in [-0.2, 0) is 16.1 Å². The molecule has 96 valence electrons. The minimum Gasteiger partial charge on any atom is -0.505 e. The van der Waals surface area contributed by atoms with E-state index in [1.807, 2.05) is 36.4 Å². The summed E-state index contributed by atoms with van der Waals surface area (Å²) in [7, 11) is 1.58. The molecule has 1 amide bonds. The highest BCUT2D eigenvalue weighted by molar-refractivity contribution is 5.69. The van der Waals surface area contributed by atoms with Gasteiger partial charge in [0.25, 0.3) is 0 Å². The summed E-state index contributed by atoms with van der Waals surface area (Å²) in [6.45, 7) is 0.288. The van der Waals surface area contributed by atoms with E-state index < -0.39 is 6.09 Å². The molecule has 18 heavy (non-hydrogen) atoms. The van der Waals surface area contributed by atoms with Gasteiger partial charge in [0.1, 0.15) is 6.61 Å². The third kappa shape index (κ3) is 3.52. The number of hydrogen-bond donors (Lipinski definition) is 1. The smallest absolute Gasteiger partial charge is 0.408 e. The van der Waals surface area contributed by atoms with Gasteiger partial charge in [-0.05, 0) is 24.5 Å². The average Bonchev–Trinajstić information content (AvgIpc) is 3.15. The minimum absolute atomic E-state index is 0.260. The third-order valence-electron chi connectivity index (χ3n) is 2.88. The summed E-state index contributed by atoms with van der Waals surface area (Å²) in [6.07, 6.45) is 4.90. The van der Waals surface area contributed by atoms with Crippen molar-refractivity contribution in [3.05, 3.63) is 48.2 Å². The van der Waals surface area contributed by atoms with Crippen LogP contribution in [0.25, 0.3) is 0 Å². The molecule has 0 atom stereocenters. The lowest BCUT2D eigenvalue weighted by Gasteiger charge is -2.13. The highest BCUT2D eigenvalue weighted by atomic mass is 16.5. The molecule has 1 N–H and O–H groups in total. The van der Waals surface area contributed by atoms with Crippen LogP contribution in [0.15, 0.2) is 42.7 Å². The van der Waals surface area contributed by atoms with Crippen LogP contribution in [0.1, 0.15) is 18.4 Å². The Kier molecular flexibility index (Phi) is 3.87. The van der Waals surface area contributed by atoms with E-state index in [2.05, 4.69) is 5.32 Å². The van der Waals surface area contributed by atoms with E-state index in [1.165, 1.54) is 0 Å². The second-order valence-electron chi connectivity index (χ2n) is 4.38. The molecular formula is C14H17NO3. The van der Waals surface area contributed by atoms with Gasteiger partial charge in [0, 0.05) is 0 Å². The number of amides is 1. The first kappa shape index (κ1) is 12.5. The summed E-state index contributed by atoms with van der Waals surface area (Å²) in [6, 6.07) is 9.61. The van der Waals surface area contributed by atoms with Gasteiger partial charge in [0.15, 0.2) is 0 Å². The van der Waals surface area contributed by atoms with Crippen LogP contribution in [-0.4, -0.2) is 18.7 Å². The summed E-state index contributed by atoms with van der Waals surface area (Å²) in [5, 5.41) is 2.84. The molecule has 0 heterocycles. The molecule has 0 spiro atoms. The van der Waals surface area contributed by atoms with E-state index >= 15 is 0 Å². The molecule has 1 aromatic rings. The topological polar surface area (TPSA) is 47.6 Å². The largest absolute Gasteiger partial charge is 0.505 e. The maximum absolute atomic E-state index is 11.6. The van der Waals surface area contributed by atoms with Gasteiger partial charge in [-0.3, -0.25) is 0 Å². The van der Waals surface area contributed by atoms with Gasteiger partial charge in [0.2, 0.25) is 0 Å². The van der Waals surface area contributed by atoms with Crippen molar-refractivity contribution in [1.82, 2.24) is 5.32 Å². The second kappa shape index (κ2) is 5.58. The Labute approximate surface area is 107 Å². The zero-order valence-electron chi connectivity index (χ0n) is 10.4. The number of benzene rings is 1. The van der Waals surface area contributed by atoms with Crippen molar-refractivity contribution in [2.75, 3.05) is 7.11 Å². The van der Waals surface area contributed by atoms with E-state index in [0.717, 1.165) is 18.4 Å². The fourth-order valence-corrected chi connectivity index (χ4v) is 1.63. The Morgan fingerprint density at radius 3 is 2.72 bits per heavy atom. The Morgan fingerprint density at radius 2 is 2.11 bits per heavy atom. The van der Waals surface area contributed by atoms with Gasteiger partial charge >= 0.3 is 6.09 Å². The number of carbonyl (C=O) groups excluding carboxylic acids is 1. The van der Waals surface area contributed by atoms with E-state index in [4.69, 9.17) is 9.47 Å². The van der Waals surface area contributed by atoms with Crippen molar-refractivity contribution in [2.45, 2.75) is 25.0 Å². The molecule has 1 aliphatic carbocycles. The molecule has 0 aromatic heterocycles. The number of hydrogen-bond acceptors (Lipinski definition) is 3. The average molecular weight is 247 g/mol. The molecule has 0 unspecified atom stereocenters. The number of methoxy groups -OCH3 is 1. The molecular weight excluding hydrogens is 230 g/mol. The van der Waals surface area contributed by atoms with E-state index in [1.54, 1.807) is 13.4 Å². The van der Waals surface area contributed by atoms with Crippen LogP contribution in [0.3, 0.4) is 0 Å². The Balaban J connectivity index is 1.78. The van der Waals surface area contributed by atoms with Crippen LogP contribution < -0.4 is 5.32 Å². The fraction of sp³-hybridized carbons (Fsp3) is 0.357. The highest BCUT2D eigenvalue weighted by Gasteiger charge is 2.42. The molecule has 4 heteroatoms. The zero-order valence-corrected chi connectivity index (χ0v) is 10.4. The standard InChI is InChI=1S/C14H17NO3/c1-17-10-9-14(7-8-14)15-13(16)18-11-12-5-3-2-4-6-12/h2-6,9-10H,7-8,11H2,1H3,(H,15,16)/b10-9+. The molecule has 1 fully saturated rings. The van der Waals surface area contributed by atoms with Crippen LogP contribution in [0.2, 0.25) is 0 Å². The zero-order chi connectivity index (χ0) is 12.8. The van der Waals surface area contributed by atoms with E-state index in [-0.39, 0.29) is 12.1 Å². The summed E-state index contributed by atoms with van der Waals surface area (Å²) >= 11 is 0.